The molecule has 0 fully saturated rings. The number of nitrogens with zero attached hydrogens (tertiary/aromatic N) is 2. The first-order valence-electron chi connectivity index (χ1n) is 6.81. The molecule has 2 N–H and O–H groups in total. The number of ether oxygens (including phenoxy) is 1. The lowest BCUT2D eigenvalue weighted by Crippen LogP contribution is -2.43. The standard InChI is InChI=1S/C14H22F2N4O2/c1-17-13-6-11(4-5-19-13)12(7-22-3)20(2)9-14(15,16)8-18-10-21/h4-6,10,12H,7-9H2,1-3H3,(H,17,19)(H,18,21). The van der Waals surface area contributed by atoms with Gasteiger partial charge >= 0.3 is 0 Å². The third-order valence-electron chi connectivity index (χ3n) is 3.21. The number of pyridine rings is 1. The fraction of sp³-hybridized carbons (Fsp3) is 0.571. The summed E-state index contributed by atoms with van der Waals surface area (Å²) >= 11 is 0. The minimum atomic E-state index is -3.03. The highest BCUT2D eigenvalue weighted by Gasteiger charge is 2.33. The number of nitrogens with one attached hydrogen (secondary N) is 2. The molecule has 8 heteroatoms. The zero-order chi connectivity index (χ0) is 16.6. The molecule has 0 aliphatic rings. The lowest BCUT2D eigenvalue weighted by Gasteiger charge is -2.31. The normalized spacial score (nSPS) is 13.0. The van der Waals surface area contributed by atoms with Gasteiger partial charge in [-0.25, -0.2) is 13.8 Å². The largest absolute Gasteiger partial charge is 0.383 e. The average molecular weight is 316 g/mol. The number of carbonyl (C=O) groups excluding carboxylic acids is 1. The zero-order valence-electron chi connectivity index (χ0n) is 13.0. The van der Waals surface area contributed by atoms with Gasteiger partial charge in [0.1, 0.15) is 5.82 Å². The summed E-state index contributed by atoms with van der Waals surface area (Å²) in [4.78, 5) is 15.8. The van der Waals surface area contributed by atoms with Crippen LogP contribution in [0.25, 0.3) is 0 Å². The second-order valence-electron chi connectivity index (χ2n) is 4.97. The van der Waals surface area contributed by atoms with Crippen molar-refractivity contribution in [3.63, 3.8) is 0 Å². The number of amides is 1. The molecule has 124 valence electrons. The second-order valence-corrected chi connectivity index (χ2v) is 4.97. The van der Waals surface area contributed by atoms with E-state index in [9.17, 15) is 13.6 Å². The maximum Gasteiger partial charge on any atom is 0.277 e. The lowest BCUT2D eigenvalue weighted by molar-refractivity contribution is -0.112. The van der Waals surface area contributed by atoms with Crippen molar-refractivity contribution < 1.29 is 18.3 Å². The first kappa shape index (κ1) is 18.2. The minimum Gasteiger partial charge on any atom is -0.383 e. The Bertz CT molecular complexity index is 474. The third-order valence-corrected chi connectivity index (χ3v) is 3.21. The van der Waals surface area contributed by atoms with Crippen molar-refractivity contribution in [2.45, 2.75) is 12.0 Å². The van der Waals surface area contributed by atoms with E-state index in [1.165, 1.54) is 12.0 Å². The lowest BCUT2D eigenvalue weighted by atomic mass is 10.1. The van der Waals surface area contributed by atoms with Crippen LogP contribution < -0.4 is 10.6 Å². The molecule has 22 heavy (non-hydrogen) atoms. The van der Waals surface area contributed by atoms with E-state index >= 15 is 0 Å². The number of alkyl halides is 2. The second kappa shape index (κ2) is 8.60. The van der Waals surface area contributed by atoms with Crippen LogP contribution in [0.5, 0.6) is 0 Å². The quantitative estimate of drug-likeness (QED) is 0.633. The highest BCUT2D eigenvalue weighted by Crippen LogP contribution is 2.24. The summed E-state index contributed by atoms with van der Waals surface area (Å²) in [7, 11) is 4.85. The Morgan fingerprint density at radius 1 is 1.55 bits per heavy atom. The highest BCUT2D eigenvalue weighted by molar-refractivity contribution is 5.46. The number of likely N-dealkylation sites (N-methyl/N-ethyl adjacent to an activating group) is 1. The van der Waals surface area contributed by atoms with Gasteiger partial charge in [-0.05, 0) is 24.7 Å². The molecule has 0 radical (unpaired) electrons. The smallest absolute Gasteiger partial charge is 0.277 e. The van der Waals surface area contributed by atoms with E-state index in [1.54, 1.807) is 32.4 Å². The summed E-state index contributed by atoms with van der Waals surface area (Å²) in [5.74, 6) is -2.37. The van der Waals surface area contributed by atoms with Crippen molar-refractivity contribution in [2.75, 3.05) is 46.2 Å². The van der Waals surface area contributed by atoms with Crippen LogP contribution in [0.3, 0.4) is 0 Å². The van der Waals surface area contributed by atoms with E-state index in [1.807, 2.05) is 5.32 Å². The molecule has 1 aromatic rings. The first-order valence-corrected chi connectivity index (χ1v) is 6.81. The molecule has 1 atom stereocenters. The number of hydrogen-bond acceptors (Lipinski definition) is 5. The van der Waals surface area contributed by atoms with Crippen LogP contribution in [-0.2, 0) is 9.53 Å². The molecule has 0 saturated heterocycles. The van der Waals surface area contributed by atoms with Crippen LogP contribution >= 0.6 is 0 Å². The number of methoxy groups -OCH3 is 1. The average Bonchev–Trinajstić information content (AvgIpc) is 2.50. The van der Waals surface area contributed by atoms with E-state index in [4.69, 9.17) is 4.74 Å². The van der Waals surface area contributed by atoms with Gasteiger partial charge in [-0.1, -0.05) is 0 Å². The molecule has 1 aromatic heterocycles. The van der Waals surface area contributed by atoms with Crippen LogP contribution in [0, 0.1) is 0 Å². The molecule has 0 spiro atoms. The van der Waals surface area contributed by atoms with E-state index in [2.05, 4.69) is 10.3 Å². The number of aromatic nitrogens is 1. The minimum absolute atomic E-state index is 0.265. The van der Waals surface area contributed by atoms with Crippen molar-refractivity contribution in [3.05, 3.63) is 23.9 Å². The van der Waals surface area contributed by atoms with Crippen molar-refractivity contribution in [3.8, 4) is 0 Å². The Labute approximate surface area is 128 Å². The molecule has 1 rings (SSSR count). The number of carbonyl (C=O) groups is 1. The van der Waals surface area contributed by atoms with E-state index in [0.29, 0.717) is 5.82 Å². The number of halogens is 2. The highest BCUT2D eigenvalue weighted by atomic mass is 19.3. The molecule has 0 saturated carbocycles. The Balaban J connectivity index is 2.86. The molecule has 0 aliphatic heterocycles. The predicted octanol–water partition coefficient (Wildman–Crippen LogP) is 1.12. The Hall–Kier alpha value is -1.80. The maximum absolute atomic E-state index is 13.8. The van der Waals surface area contributed by atoms with Crippen molar-refractivity contribution >= 4 is 12.2 Å². The predicted molar refractivity (Wildman–Crippen MR) is 80.0 cm³/mol. The maximum atomic E-state index is 13.8. The van der Waals surface area contributed by atoms with Crippen LogP contribution in [0.1, 0.15) is 11.6 Å². The van der Waals surface area contributed by atoms with E-state index in [0.717, 1.165) is 5.56 Å². The van der Waals surface area contributed by atoms with Gasteiger partial charge < -0.3 is 15.4 Å². The molecule has 1 unspecified atom stereocenters. The Morgan fingerprint density at radius 3 is 2.86 bits per heavy atom. The van der Waals surface area contributed by atoms with Crippen molar-refractivity contribution in [1.29, 1.82) is 0 Å². The summed E-state index contributed by atoms with van der Waals surface area (Å²) in [6.07, 6.45) is 1.88. The van der Waals surface area contributed by atoms with E-state index < -0.39 is 19.0 Å². The summed E-state index contributed by atoms with van der Waals surface area (Å²) < 4.78 is 32.7. The summed E-state index contributed by atoms with van der Waals surface area (Å²) in [6.45, 7) is -0.932. The van der Waals surface area contributed by atoms with Crippen molar-refractivity contribution in [1.82, 2.24) is 15.2 Å². The molecule has 0 bridgehead atoms. The van der Waals surface area contributed by atoms with Gasteiger partial charge in [0.15, 0.2) is 0 Å². The fourth-order valence-electron chi connectivity index (χ4n) is 2.15. The van der Waals surface area contributed by atoms with Gasteiger partial charge in [-0.2, -0.15) is 0 Å². The first-order chi connectivity index (χ1) is 10.4. The number of hydrogen-bond donors (Lipinski definition) is 2. The fourth-order valence-corrected chi connectivity index (χ4v) is 2.15. The molecular formula is C14H22F2N4O2. The van der Waals surface area contributed by atoms with Crippen molar-refractivity contribution in [2.24, 2.45) is 0 Å². The molecule has 6 nitrogen and oxygen atoms in total. The van der Waals surface area contributed by atoms with Gasteiger partial charge in [-0.3, -0.25) is 9.69 Å². The Morgan fingerprint density at radius 2 is 2.27 bits per heavy atom. The van der Waals surface area contributed by atoms with Gasteiger partial charge in [0.05, 0.1) is 25.7 Å². The molecule has 1 amide bonds. The topological polar surface area (TPSA) is 66.5 Å². The molecule has 1 heterocycles. The zero-order valence-corrected chi connectivity index (χ0v) is 13.0. The molecule has 0 aliphatic carbocycles. The van der Waals surface area contributed by atoms with Crippen LogP contribution in [0.2, 0.25) is 0 Å². The SMILES string of the molecule is CNc1cc(C(COC)N(C)CC(F)(F)CNC=O)ccn1. The van der Waals surface area contributed by atoms with Gasteiger partial charge in [0, 0.05) is 20.4 Å². The summed E-state index contributed by atoms with van der Waals surface area (Å²) in [6, 6.07) is 3.22. The van der Waals surface area contributed by atoms with Gasteiger partial charge in [-0.15, -0.1) is 0 Å². The van der Waals surface area contributed by atoms with Crippen LogP contribution in [0.15, 0.2) is 18.3 Å². The molecule has 0 aromatic carbocycles. The van der Waals surface area contributed by atoms with Gasteiger partial charge in [0.25, 0.3) is 5.92 Å². The third kappa shape index (κ3) is 5.53. The van der Waals surface area contributed by atoms with Crippen LogP contribution in [-0.4, -0.2) is 63.1 Å². The summed E-state index contributed by atoms with van der Waals surface area (Å²) in [5, 5.41) is 4.93. The monoisotopic (exact) mass is 316 g/mol. The van der Waals surface area contributed by atoms with Gasteiger partial charge in [0.2, 0.25) is 6.41 Å². The van der Waals surface area contributed by atoms with Crippen LogP contribution in [0.4, 0.5) is 14.6 Å². The Kier molecular flexibility index (Phi) is 7.13. The van der Waals surface area contributed by atoms with E-state index in [-0.39, 0.29) is 19.1 Å². The summed E-state index contributed by atoms with van der Waals surface area (Å²) in [5.41, 5.74) is 0.822. The molecular weight excluding hydrogens is 294 g/mol. The number of rotatable bonds is 10. The number of anilines is 1.